The van der Waals surface area contributed by atoms with E-state index in [1.807, 2.05) is 31.2 Å². The van der Waals surface area contributed by atoms with E-state index in [4.69, 9.17) is 14.7 Å². The predicted octanol–water partition coefficient (Wildman–Crippen LogP) is 6.31. The summed E-state index contributed by atoms with van der Waals surface area (Å²) in [7, 11) is 0. The van der Waals surface area contributed by atoms with Crippen LogP contribution in [-0.2, 0) is 0 Å². The molecule has 0 radical (unpaired) electrons. The molecule has 0 atom stereocenters. The van der Waals surface area contributed by atoms with Crippen molar-refractivity contribution < 1.29 is 4.74 Å². The number of aryl methyl sites for hydroxylation is 1. The quantitative estimate of drug-likeness (QED) is 0.408. The fourth-order valence-electron chi connectivity index (χ4n) is 2.62. The molecular formula is C21H18N2OS2. The van der Waals surface area contributed by atoms with Gasteiger partial charge in [0.05, 0.1) is 18.0 Å². The van der Waals surface area contributed by atoms with E-state index in [0.717, 1.165) is 38.3 Å². The van der Waals surface area contributed by atoms with Gasteiger partial charge in [-0.2, -0.15) is 0 Å². The van der Waals surface area contributed by atoms with Gasteiger partial charge >= 0.3 is 0 Å². The van der Waals surface area contributed by atoms with Crippen LogP contribution in [-0.4, -0.2) is 16.6 Å². The number of benzene rings is 2. The van der Waals surface area contributed by atoms with E-state index in [2.05, 4.69) is 41.9 Å². The van der Waals surface area contributed by atoms with E-state index >= 15 is 0 Å². The monoisotopic (exact) mass is 378 g/mol. The zero-order valence-electron chi connectivity index (χ0n) is 14.6. The summed E-state index contributed by atoms with van der Waals surface area (Å²) in [6.45, 7) is 4.75. The normalized spacial score (nSPS) is 10.8. The molecule has 0 aliphatic heterocycles. The molecule has 0 bridgehead atoms. The third kappa shape index (κ3) is 3.54. The molecule has 3 nitrogen and oxygen atoms in total. The van der Waals surface area contributed by atoms with Gasteiger partial charge in [-0.05, 0) is 38.1 Å². The summed E-state index contributed by atoms with van der Waals surface area (Å²) < 4.78 is 5.50. The van der Waals surface area contributed by atoms with Crippen molar-refractivity contribution in [3.8, 4) is 38.3 Å². The van der Waals surface area contributed by atoms with E-state index in [0.29, 0.717) is 6.61 Å². The zero-order chi connectivity index (χ0) is 17.9. The minimum atomic E-state index is 0.674. The maximum atomic E-state index is 5.50. The van der Waals surface area contributed by atoms with Gasteiger partial charge in [0.25, 0.3) is 0 Å². The third-order valence-electron chi connectivity index (χ3n) is 4.00. The Kier molecular flexibility index (Phi) is 4.82. The lowest BCUT2D eigenvalue weighted by molar-refractivity contribution is 0.340. The van der Waals surface area contributed by atoms with Crippen LogP contribution >= 0.6 is 22.7 Å². The molecule has 0 N–H and O–H groups in total. The van der Waals surface area contributed by atoms with Crippen molar-refractivity contribution in [2.75, 3.05) is 6.61 Å². The van der Waals surface area contributed by atoms with Gasteiger partial charge in [0, 0.05) is 21.9 Å². The Hall–Kier alpha value is -2.50. The molecule has 2 heterocycles. The summed E-state index contributed by atoms with van der Waals surface area (Å²) in [6.07, 6.45) is 0. The third-order valence-corrected chi connectivity index (χ3v) is 5.83. The molecular weight excluding hydrogens is 360 g/mol. The fraction of sp³-hybridized carbons (Fsp3) is 0.143. The van der Waals surface area contributed by atoms with Gasteiger partial charge in [0.15, 0.2) is 10.0 Å². The van der Waals surface area contributed by atoms with Gasteiger partial charge in [-0.25, -0.2) is 9.97 Å². The summed E-state index contributed by atoms with van der Waals surface area (Å²) in [5.41, 5.74) is 5.46. The molecule has 26 heavy (non-hydrogen) atoms. The molecule has 2 aromatic carbocycles. The Morgan fingerprint density at radius 1 is 0.769 bits per heavy atom. The molecule has 0 fully saturated rings. The molecule has 0 spiro atoms. The fourth-order valence-corrected chi connectivity index (χ4v) is 4.33. The maximum absolute atomic E-state index is 5.50. The second kappa shape index (κ2) is 7.40. The van der Waals surface area contributed by atoms with Crippen LogP contribution in [0.4, 0.5) is 0 Å². The van der Waals surface area contributed by atoms with Crippen LogP contribution in [0.1, 0.15) is 12.5 Å². The Labute approximate surface area is 161 Å². The van der Waals surface area contributed by atoms with Gasteiger partial charge in [0.1, 0.15) is 5.75 Å². The molecule has 0 aliphatic rings. The number of hydrogen-bond acceptors (Lipinski definition) is 5. The Morgan fingerprint density at radius 2 is 1.27 bits per heavy atom. The standard InChI is InChI=1S/C21H18N2OS2/c1-3-24-17-10-8-16(9-11-17)19-13-26-21(23-19)20-22-18(12-25-20)15-6-4-14(2)5-7-15/h4-13H,3H2,1-2H3. The van der Waals surface area contributed by atoms with Crippen LogP contribution in [0.5, 0.6) is 5.75 Å². The Bertz CT molecular complexity index is 1000. The molecule has 0 saturated heterocycles. The first-order valence-corrected chi connectivity index (χ1v) is 10.2. The maximum Gasteiger partial charge on any atom is 0.152 e. The SMILES string of the molecule is CCOc1ccc(-c2csc(-c3nc(-c4ccc(C)cc4)cs3)n2)cc1. The summed E-state index contributed by atoms with van der Waals surface area (Å²) in [5, 5.41) is 6.09. The first-order valence-electron chi connectivity index (χ1n) is 8.44. The smallest absolute Gasteiger partial charge is 0.152 e. The van der Waals surface area contributed by atoms with Gasteiger partial charge in [0.2, 0.25) is 0 Å². The molecule has 2 aromatic heterocycles. The summed E-state index contributed by atoms with van der Waals surface area (Å²) >= 11 is 3.26. The minimum Gasteiger partial charge on any atom is -0.494 e. The van der Waals surface area contributed by atoms with Crippen molar-refractivity contribution in [1.82, 2.24) is 9.97 Å². The average molecular weight is 379 g/mol. The molecule has 4 rings (SSSR count). The lowest BCUT2D eigenvalue weighted by Crippen LogP contribution is -1.90. The van der Waals surface area contributed by atoms with Crippen LogP contribution in [0.15, 0.2) is 59.3 Å². The number of nitrogens with zero attached hydrogens (tertiary/aromatic N) is 2. The van der Waals surface area contributed by atoms with Crippen molar-refractivity contribution in [3.63, 3.8) is 0 Å². The number of thiazole rings is 2. The van der Waals surface area contributed by atoms with E-state index in [-0.39, 0.29) is 0 Å². The van der Waals surface area contributed by atoms with E-state index < -0.39 is 0 Å². The molecule has 130 valence electrons. The second-order valence-electron chi connectivity index (χ2n) is 5.90. The molecule has 4 aromatic rings. The highest BCUT2D eigenvalue weighted by Gasteiger charge is 2.11. The first kappa shape index (κ1) is 16.9. The second-order valence-corrected chi connectivity index (χ2v) is 7.62. The van der Waals surface area contributed by atoms with Crippen LogP contribution in [0.25, 0.3) is 32.5 Å². The predicted molar refractivity (Wildman–Crippen MR) is 110 cm³/mol. The molecule has 0 unspecified atom stereocenters. The highest BCUT2D eigenvalue weighted by Crippen LogP contribution is 2.33. The average Bonchev–Trinajstić information content (AvgIpc) is 3.33. The van der Waals surface area contributed by atoms with Crippen LogP contribution < -0.4 is 4.74 Å². The van der Waals surface area contributed by atoms with Crippen molar-refractivity contribution >= 4 is 22.7 Å². The van der Waals surface area contributed by atoms with Gasteiger partial charge in [-0.1, -0.05) is 29.8 Å². The molecule has 0 aliphatic carbocycles. The van der Waals surface area contributed by atoms with E-state index in [9.17, 15) is 0 Å². The van der Waals surface area contributed by atoms with Crippen molar-refractivity contribution in [1.29, 1.82) is 0 Å². The molecule has 0 amide bonds. The number of hydrogen-bond donors (Lipinski definition) is 0. The highest BCUT2D eigenvalue weighted by molar-refractivity contribution is 7.20. The topological polar surface area (TPSA) is 35.0 Å². The highest BCUT2D eigenvalue weighted by atomic mass is 32.1. The largest absolute Gasteiger partial charge is 0.494 e. The summed E-state index contributed by atoms with van der Waals surface area (Å²) in [4.78, 5) is 9.55. The minimum absolute atomic E-state index is 0.674. The molecule has 0 saturated carbocycles. The van der Waals surface area contributed by atoms with Gasteiger partial charge in [-0.3, -0.25) is 0 Å². The Morgan fingerprint density at radius 3 is 1.77 bits per heavy atom. The molecule has 5 heteroatoms. The number of aromatic nitrogens is 2. The van der Waals surface area contributed by atoms with Gasteiger partial charge < -0.3 is 4.74 Å². The van der Waals surface area contributed by atoms with Crippen LogP contribution in [0.2, 0.25) is 0 Å². The first-order chi connectivity index (χ1) is 12.7. The Balaban J connectivity index is 1.57. The van der Waals surface area contributed by atoms with Crippen LogP contribution in [0, 0.1) is 6.92 Å². The van der Waals surface area contributed by atoms with Crippen molar-refractivity contribution in [2.45, 2.75) is 13.8 Å². The van der Waals surface area contributed by atoms with Crippen molar-refractivity contribution in [2.24, 2.45) is 0 Å². The van der Waals surface area contributed by atoms with E-state index in [1.54, 1.807) is 22.7 Å². The van der Waals surface area contributed by atoms with Crippen LogP contribution in [0.3, 0.4) is 0 Å². The number of ether oxygens (including phenoxy) is 1. The van der Waals surface area contributed by atoms with E-state index in [1.165, 1.54) is 5.56 Å². The summed E-state index contributed by atoms with van der Waals surface area (Å²) in [6, 6.07) is 16.5. The van der Waals surface area contributed by atoms with Gasteiger partial charge in [-0.15, -0.1) is 22.7 Å². The van der Waals surface area contributed by atoms with Crippen molar-refractivity contribution in [3.05, 3.63) is 64.9 Å². The lowest BCUT2D eigenvalue weighted by Gasteiger charge is -2.03. The number of rotatable bonds is 5. The zero-order valence-corrected chi connectivity index (χ0v) is 16.2. The lowest BCUT2D eigenvalue weighted by atomic mass is 10.1. The summed E-state index contributed by atoms with van der Waals surface area (Å²) in [5.74, 6) is 0.884.